The minimum absolute atomic E-state index is 0.0827. The number of fused-ring (bicyclic) bond motifs is 2. The number of amides is 2. The summed E-state index contributed by atoms with van der Waals surface area (Å²) in [5.74, 6) is 0.284. The molecular formula is C31H36ClFN8O4S. The summed E-state index contributed by atoms with van der Waals surface area (Å²) in [6.07, 6.45) is -1.61. The lowest BCUT2D eigenvalue weighted by Crippen LogP contribution is -2.67. The number of ether oxygens (including phenoxy) is 1. The van der Waals surface area contributed by atoms with E-state index in [0.717, 1.165) is 4.70 Å². The zero-order chi connectivity index (χ0) is 33.1. The van der Waals surface area contributed by atoms with E-state index in [-0.39, 0.29) is 21.6 Å². The Labute approximate surface area is 274 Å². The quantitative estimate of drug-likeness (QED) is 0.262. The number of para-hydroxylation sites is 1. The van der Waals surface area contributed by atoms with Crippen LogP contribution in [0.2, 0.25) is 5.02 Å². The smallest absolute Gasteiger partial charge is 0.413 e. The molecule has 244 valence electrons. The van der Waals surface area contributed by atoms with Crippen molar-refractivity contribution in [3.63, 3.8) is 0 Å². The van der Waals surface area contributed by atoms with Gasteiger partial charge in [0.2, 0.25) is 5.95 Å². The lowest BCUT2D eigenvalue weighted by molar-refractivity contribution is 0.0636. The van der Waals surface area contributed by atoms with Gasteiger partial charge in [0.15, 0.2) is 10.9 Å². The molecule has 2 N–H and O–H groups in total. The van der Waals surface area contributed by atoms with Gasteiger partial charge in [0, 0.05) is 55.8 Å². The molecule has 0 unspecified atom stereocenters. The molecule has 2 aromatic heterocycles. The fourth-order valence-electron chi connectivity index (χ4n) is 5.70. The van der Waals surface area contributed by atoms with E-state index in [2.05, 4.69) is 22.1 Å². The van der Waals surface area contributed by atoms with Crippen LogP contribution in [0.4, 0.5) is 30.9 Å². The van der Waals surface area contributed by atoms with Crippen LogP contribution < -0.4 is 15.1 Å². The van der Waals surface area contributed by atoms with Gasteiger partial charge in [-0.1, -0.05) is 35.1 Å². The number of nitrogens with zero attached hydrogens (tertiary/aromatic N) is 7. The standard InChI is InChI=1S/C31H36ClFN8O4S/c1-30(2,3)45-28(42)37-27-35-23-17(8-7-9-20(23)46-27)21-19(32)14-18-24(22(21)33)34-26(41-15-31(4,16-41)38(5)6)36-25(18)39-10-12-40(13-11-39)29(43)44/h7-9,14H,10-13,15-16H2,1-6H3,(H,43,44)(H,35,37,42). The first kappa shape index (κ1) is 32.0. The number of hydrogen-bond acceptors (Lipinski definition) is 10. The minimum Gasteiger partial charge on any atom is -0.465 e. The Bertz CT molecular complexity index is 1850. The number of piperazine rings is 1. The highest BCUT2D eigenvalue weighted by Gasteiger charge is 2.42. The maximum Gasteiger partial charge on any atom is 0.413 e. The molecule has 2 saturated heterocycles. The number of carboxylic acid groups (broad SMARTS) is 1. The molecule has 4 aromatic rings. The Morgan fingerprint density at radius 1 is 1.09 bits per heavy atom. The summed E-state index contributed by atoms with van der Waals surface area (Å²) < 4.78 is 23.0. The average Bonchev–Trinajstić information content (AvgIpc) is 3.37. The summed E-state index contributed by atoms with van der Waals surface area (Å²) in [6, 6.07) is 7.03. The van der Waals surface area contributed by atoms with Crippen LogP contribution in [0.5, 0.6) is 0 Å². The number of halogens is 2. The van der Waals surface area contributed by atoms with Crippen LogP contribution >= 0.6 is 22.9 Å². The zero-order valence-electron chi connectivity index (χ0n) is 26.5. The molecule has 2 aliphatic heterocycles. The van der Waals surface area contributed by atoms with Crippen molar-refractivity contribution in [3.05, 3.63) is 35.1 Å². The van der Waals surface area contributed by atoms with Gasteiger partial charge in [-0.2, -0.15) is 4.98 Å². The Balaban J connectivity index is 1.45. The SMILES string of the molecule is CN(C)C1(C)CN(c2nc(N3CCN(C(=O)O)CC3)c3cc(Cl)c(-c4cccc5sc(NC(=O)OC(C)(C)C)nc45)c(F)c3n2)C1. The normalized spacial score (nSPS) is 16.7. The van der Waals surface area contributed by atoms with E-state index in [1.807, 2.05) is 30.0 Å². The largest absolute Gasteiger partial charge is 0.465 e. The van der Waals surface area contributed by atoms with Crippen molar-refractivity contribution in [3.8, 4) is 11.1 Å². The number of carbonyl (C=O) groups excluding carboxylic acids is 1. The molecule has 2 amide bonds. The van der Waals surface area contributed by atoms with Crippen LogP contribution in [-0.2, 0) is 4.74 Å². The summed E-state index contributed by atoms with van der Waals surface area (Å²) in [5.41, 5.74) is 0.414. The monoisotopic (exact) mass is 670 g/mol. The minimum atomic E-state index is -0.976. The first-order valence-electron chi connectivity index (χ1n) is 14.9. The van der Waals surface area contributed by atoms with Crippen molar-refractivity contribution in [2.24, 2.45) is 0 Å². The lowest BCUT2D eigenvalue weighted by Gasteiger charge is -2.52. The molecule has 2 aromatic carbocycles. The Morgan fingerprint density at radius 2 is 1.78 bits per heavy atom. The molecule has 2 fully saturated rings. The van der Waals surface area contributed by atoms with Gasteiger partial charge in [-0.3, -0.25) is 5.32 Å². The number of rotatable bonds is 5. The highest BCUT2D eigenvalue weighted by molar-refractivity contribution is 7.22. The predicted octanol–water partition coefficient (Wildman–Crippen LogP) is 5.99. The van der Waals surface area contributed by atoms with Crippen LogP contribution in [0, 0.1) is 5.82 Å². The van der Waals surface area contributed by atoms with Gasteiger partial charge < -0.3 is 29.4 Å². The third-order valence-corrected chi connectivity index (χ3v) is 9.66. The van der Waals surface area contributed by atoms with Gasteiger partial charge in [-0.25, -0.2) is 23.9 Å². The zero-order valence-corrected chi connectivity index (χ0v) is 28.1. The lowest BCUT2D eigenvalue weighted by atomic mass is 9.91. The van der Waals surface area contributed by atoms with Crippen LogP contribution in [-0.4, -0.2) is 107 Å². The fraction of sp³-hybridized carbons (Fsp3) is 0.452. The van der Waals surface area contributed by atoms with Gasteiger partial charge in [-0.15, -0.1) is 0 Å². The molecule has 0 radical (unpaired) electrons. The van der Waals surface area contributed by atoms with E-state index in [4.69, 9.17) is 26.3 Å². The van der Waals surface area contributed by atoms with Crippen LogP contribution in [0.25, 0.3) is 32.2 Å². The van der Waals surface area contributed by atoms with E-state index in [0.29, 0.717) is 72.6 Å². The number of aromatic nitrogens is 3. The van der Waals surface area contributed by atoms with Crippen molar-refractivity contribution in [1.82, 2.24) is 24.8 Å². The molecule has 6 rings (SSSR count). The predicted molar refractivity (Wildman–Crippen MR) is 179 cm³/mol. The molecule has 15 heteroatoms. The average molecular weight is 671 g/mol. The summed E-state index contributed by atoms with van der Waals surface area (Å²) in [7, 11) is 4.04. The van der Waals surface area contributed by atoms with Gasteiger partial charge in [0.25, 0.3) is 0 Å². The number of benzene rings is 2. The first-order valence-corrected chi connectivity index (χ1v) is 16.1. The highest BCUT2D eigenvalue weighted by atomic mass is 35.5. The summed E-state index contributed by atoms with van der Waals surface area (Å²) >= 11 is 8.11. The highest BCUT2D eigenvalue weighted by Crippen LogP contribution is 2.43. The van der Waals surface area contributed by atoms with Gasteiger partial charge in [0.1, 0.15) is 16.9 Å². The first-order chi connectivity index (χ1) is 21.6. The van der Waals surface area contributed by atoms with Gasteiger partial charge in [0.05, 0.1) is 20.8 Å². The Kier molecular flexibility index (Phi) is 8.10. The van der Waals surface area contributed by atoms with Crippen LogP contribution in [0.15, 0.2) is 24.3 Å². The number of nitrogens with one attached hydrogen (secondary N) is 1. The summed E-state index contributed by atoms with van der Waals surface area (Å²) in [6.45, 7) is 10.1. The van der Waals surface area contributed by atoms with Crippen molar-refractivity contribution >= 4 is 73.1 Å². The second kappa shape index (κ2) is 11.7. The Morgan fingerprint density at radius 3 is 2.41 bits per heavy atom. The molecule has 0 spiro atoms. The van der Waals surface area contributed by atoms with Crippen molar-refractivity contribution in [1.29, 1.82) is 0 Å². The molecule has 0 bridgehead atoms. The van der Waals surface area contributed by atoms with Gasteiger partial charge in [-0.05, 0) is 53.9 Å². The second-order valence-electron chi connectivity index (χ2n) is 13.1. The number of anilines is 3. The number of thiazole rings is 1. The molecule has 2 aliphatic rings. The van der Waals surface area contributed by atoms with E-state index in [9.17, 15) is 14.7 Å². The van der Waals surface area contributed by atoms with E-state index in [1.54, 1.807) is 39.0 Å². The van der Waals surface area contributed by atoms with Crippen molar-refractivity contribution in [2.75, 3.05) is 68.5 Å². The molecule has 4 heterocycles. The van der Waals surface area contributed by atoms with Crippen LogP contribution in [0.1, 0.15) is 27.7 Å². The van der Waals surface area contributed by atoms with E-state index < -0.39 is 23.6 Å². The molecule has 46 heavy (non-hydrogen) atoms. The third-order valence-electron chi connectivity index (χ3n) is 8.42. The van der Waals surface area contributed by atoms with Crippen LogP contribution in [0.3, 0.4) is 0 Å². The number of hydrogen-bond donors (Lipinski definition) is 2. The maximum atomic E-state index is 16.9. The molecule has 0 atom stereocenters. The van der Waals surface area contributed by atoms with Crippen molar-refractivity contribution < 1.29 is 23.8 Å². The molecule has 12 nitrogen and oxygen atoms in total. The maximum absolute atomic E-state index is 16.9. The number of carbonyl (C=O) groups is 2. The topological polar surface area (TPSA) is 127 Å². The third kappa shape index (κ3) is 5.96. The Hall–Kier alpha value is -4.01. The summed E-state index contributed by atoms with van der Waals surface area (Å²) in [5, 5.41) is 13.0. The van der Waals surface area contributed by atoms with Crippen molar-refractivity contribution in [2.45, 2.75) is 38.8 Å². The summed E-state index contributed by atoms with van der Waals surface area (Å²) in [4.78, 5) is 45.7. The molecule has 0 saturated carbocycles. The second-order valence-corrected chi connectivity index (χ2v) is 14.5. The number of likely N-dealkylation sites (N-methyl/N-ethyl adjacent to an activating group) is 1. The fourth-order valence-corrected chi connectivity index (χ4v) is 6.87. The van der Waals surface area contributed by atoms with Gasteiger partial charge >= 0.3 is 12.2 Å². The molecule has 0 aliphatic carbocycles. The van der Waals surface area contributed by atoms with E-state index in [1.165, 1.54) is 16.2 Å². The van der Waals surface area contributed by atoms with E-state index >= 15 is 4.39 Å². The molecular weight excluding hydrogens is 635 g/mol.